The maximum atomic E-state index is 5.92. The summed E-state index contributed by atoms with van der Waals surface area (Å²) in [4.78, 5) is 0. The fraction of sp³-hybridized carbons (Fsp3) is 0.357. The molecule has 0 radical (unpaired) electrons. The molecular weight excluding hydrogens is 264 g/mol. The van der Waals surface area contributed by atoms with Crippen molar-refractivity contribution in [2.75, 3.05) is 18.9 Å². The lowest BCUT2D eigenvalue weighted by Crippen LogP contribution is -2.15. The molecule has 3 rings (SSSR count). The first-order chi connectivity index (χ1) is 9.25. The van der Waals surface area contributed by atoms with Gasteiger partial charge in [0.15, 0.2) is 0 Å². The van der Waals surface area contributed by atoms with Crippen LogP contribution in [0.4, 0.5) is 5.88 Å². The largest absolute Gasteiger partial charge is 0.381 e. The van der Waals surface area contributed by atoms with Gasteiger partial charge in [-0.05, 0) is 30.5 Å². The monoisotopic (exact) mass is 278 g/mol. The number of hydrogen-bond acceptors (Lipinski definition) is 4. The smallest absolute Gasteiger partial charge is 0.230 e. The number of ether oxygens (including phenoxy) is 1. The average Bonchev–Trinajstić information content (AvgIpc) is 2.83. The SMILES string of the molecule is Nc1onc(C2CCOCC2)c1-c1ccc(Cl)cc1. The van der Waals surface area contributed by atoms with Crippen LogP contribution in [0.2, 0.25) is 5.02 Å². The van der Waals surface area contributed by atoms with Crippen LogP contribution in [-0.4, -0.2) is 18.4 Å². The quantitative estimate of drug-likeness (QED) is 0.914. The number of nitrogens with zero attached hydrogens (tertiary/aromatic N) is 1. The van der Waals surface area contributed by atoms with Crippen LogP contribution in [0.1, 0.15) is 24.5 Å². The van der Waals surface area contributed by atoms with Gasteiger partial charge in [-0.2, -0.15) is 0 Å². The number of nitrogens with two attached hydrogens (primary N) is 1. The van der Waals surface area contributed by atoms with Gasteiger partial charge in [0.2, 0.25) is 5.88 Å². The molecule has 0 aliphatic carbocycles. The predicted molar refractivity (Wildman–Crippen MR) is 74.2 cm³/mol. The maximum absolute atomic E-state index is 5.92. The van der Waals surface area contributed by atoms with Crippen LogP contribution in [0.3, 0.4) is 0 Å². The Kier molecular flexibility index (Phi) is 3.44. The highest BCUT2D eigenvalue weighted by molar-refractivity contribution is 6.30. The number of anilines is 1. The Morgan fingerprint density at radius 1 is 1.16 bits per heavy atom. The van der Waals surface area contributed by atoms with Crippen molar-refractivity contribution >= 4 is 17.5 Å². The van der Waals surface area contributed by atoms with Gasteiger partial charge in [-0.15, -0.1) is 0 Å². The van der Waals surface area contributed by atoms with Crippen LogP contribution in [-0.2, 0) is 4.74 Å². The van der Waals surface area contributed by atoms with Crippen LogP contribution >= 0.6 is 11.6 Å². The van der Waals surface area contributed by atoms with E-state index in [0.717, 1.165) is 42.9 Å². The minimum absolute atomic E-state index is 0.348. The molecule has 0 amide bonds. The number of rotatable bonds is 2. The van der Waals surface area contributed by atoms with Crippen molar-refractivity contribution < 1.29 is 9.26 Å². The van der Waals surface area contributed by atoms with Crippen molar-refractivity contribution in [1.29, 1.82) is 0 Å². The van der Waals surface area contributed by atoms with Crippen molar-refractivity contribution in [1.82, 2.24) is 5.16 Å². The van der Waals surface area contributed by atoms with Crippen molar-refractivity contribution in [2.24, 2.45) is 0 Å². The Balaban J connectivity index is 2.00. The zero-order valence-electron chi connectivity index (χ0n) is 10.4. The molecule has 2 aromatic rings. The molecule has 0 unspecified atom stereocenters. The van der Waals surface area contributed by atoms with E-state index < -0.39 is 0 Å². The number of aromatic nitrogens is 1. The summed E-state index contributed by atoms with van der Waals surface area (Å²) in [5.41, 5.74) is 8.74. The van der Waals surface area contributed by atoms with Gasteiger partial charge in [-0.1, -0.05) is 28.9 Å². The second kappa shape index (κ2) is 5.23. The second-order valence-electron chi connectivity index (χ2n) is 4.70. The number of halogens is 1. The first-order valence-electron chi connectivity index (χ1n) is 6.34. The third kappa shape index (κ3) is 2.46. The van der Waals surface area contributed by atoms with E-state index in [1.54, 1.807) is 0 Å². The third-order valence-electron chi connectivity index (χ3n) is 3.49. The fourth-order valence-corrected chi connectivity index (χ4v) is 2.60. The van der Waals surface area contributed by atoms with E-state index in [4.69, 9.17) is 26.6 Å². The summed E-state index contributed by atoms with van der Waals surface area (Å²) in [5, 5.41) is 4.85. The Morgan fingerprint density at radius 3 is 2.53 bits per heavy atom. The number of hydrogen-bond donors (Lipinski definition) is 1. The molecular formula is C14H15ClN2O2. The van der Waals surface area contributed by atoms with Gasteiger partial charge in [0.1, 0.15) is 0 Å². The van der Waals surface area contributed by atoms with Gasteiger partial charge in [0.05, 0.1) is 11.3 Å². The second-order valence-corrected chi connectivity index (χ2v) is 5.14. The zero-order chi connectivity index (χ0) is 13.2. The Bertz CT molecular complexity index is 559. The van der Waals surface area contributed by atoms with Gasteiger partial charge in [-0.25, -0.2) is 0 Å². The molecule has 1 aromatic carbocycles. The van der Waals surface area contributed by atoms with Gasteiger partial charge in [-0.3, -0.25) is 0 Å². The van der Waals surface area contributed by atoms with Crippen molar-refractivity contribution in [3.05, 3.63) is 35.0 Å². The zero-order valence-corrected chi connectivity index (χ0v) is 11.2. The highest BCUT2D eigenvalue weighted by atomic mass is 35.5. The lowest BCUT2D eigenvalue weighted by Gasteiger charge is -2.20. The van der Waals surface area contributed by atoms with Gasteiger partial charge in [0.25, 0.3) is 0 Å². The van der Waals surface area contributed by atoms with Crippen LogP contribution < -0.4 is 5.73 Å². The molecule has 4 nitrogen and oxygen atoms in total. The first kappa shape index (κ1) is 12.5. The summed E-state index contributed by atoms with van der Waals surface area (Å²) in [6.07, 6.45) is 1.90. The van der Waals surface area contributed by atoms with Gasteiger partial charge in [0, 0.05) is 24.2 Å². The predicted octanol–water partition coefficient (Wildman–Crippen LogP) is 3.47. The van der Waals surface area contributed by atoms with E-state index >= 15 is 0 Å². The molecule has 1 aromatic heterocycles. The van der Waals surface area contributed by atoms with Gasteiger partial charge < -0.3 is 15.0 Å². The third-order valence-corrected chi connectivity index (χ3v) is 3.74. The number of nitrogen functional groups attached to an aromatic ring is 1. The fourth-order valence-electron chi connectivity index (χ4n) is 2.47. The topological polar surface area (TPSA) is 61.3 Å². The minimum atomic E-state index is 0.348. The minimum Gasteiger partial charge on any atom is -0.381 e. The van der Waals surface area contributed by atoms with E-state index in [2.05, 4.69) is 5.16 Å². The summed E-state index contributed by atoms with van der Waals surface area (Å²) in [7, 11) is 0. The molecule has 2 heterocycles. The van der Waals surface area contributed by atoms with Crippen LogP contribution in [0, 0.1) is 0 Å². The molecule has 1 aliphatic rings. The Hall–Kier alpha value is -1.52. The lowest BCUT2D eigenvalue weighted by molar-refractivity contribution is 0.0839. The molecule has 1 aliphatic heterocycles. The first-order valence-corrected chi connectivity index (χ1v) is 6.72. The summed E-state index contributed by atoms with van der Waals surface area (Å²) >= 11 is 5.91. The summed E-state index contributed by atoms with van der Waals surface area (Å²) in [5.74, 6) is 0.712. The molecule has 100 valence electrons. The molecule has 1 saturated heterocycles. The normalized spacial score (nSPS) is 16.7. The Labute approximate surface area is 116 Å². The highest BCUT2D eigenvalue weighted by Crippen LogP contribution is 2.38. The average molecular weight is 279 g/mol. The molecule has 0 atom stereocenters. The van der Waals surface area contributed by atoms with E-state index in [9.17, 15) is 0 Å². The van der Waals surface area contributed by atoms with E-state index in [1.165, 1.54) is 0 Å². The van der Waals surface area contributed by atoms with E-state index in [1.807, 2.05) is 24.3 Å². The molecule has 0 bridgehead atoms. The Morgan fingerprint density at radius 2 is 1.84 bits per heavy atom. The standard InChI is InChI=1S/C14H15ClN2O2/c15-11-3-1-9(2-4-11)12-13(17-19-14(12)16)10-5-7-18-8-6-10/h1-4,10H,5-8,16H2. The lowest BCUT2D eigenvalue weighted by atomic mass is 9.91. The number of benzene rings is 1. The summed E-state index contributed by atoms with van der Waals surface area (Å²) in [6, 6.07) is 7.57. The van der Waals surface area contributed by atoms with Crippen LogP contribution in [0.25, 0.3) is 11.1 Å². The van der Waals surface area contributed by atoms with Gasteiger partial charge >= 0.3 is 0 Å². The van der Waals surface area contributed by atoms with Crippen molar-refractivity contribution in [3.8, 4) is 11.1 Å². The molecule has 0 saturated carbocycles. The maximum Gasteiger partial charge on any atom is 0.230 e. The molecule has 0 spiro atoms. The molecule has 2 N–H and O–H groups in total. The van der Waals surface area contributed by atoms with Crippen molar-refractivity contribution in [3.63, 3.8) is 0 Å². The van der Waals surface area contributed by atoms with Crippen LogP contribution in [0.5, 0.6) is 0 Å². The molecule has 19 heavy (non-hydrogen) atoms. The van der Waals surface area contributed by atoms with Crippen LogP contribution in [0.15, 0.2) is 28.8 Å². The molecule has 1 fully saturated rings. The molecule has 5 heteroatoms. The summed E-state index contributed by atoms with van der Waals surface area (Å²) < 4.78 is 10.6. The van der Waals surface area contributed by atoms with E-state index in [0.29, 0.717) is 16.8 Å². The highest BCUT2D eigenvalue weighted by Gasteiger charge is 2.25. The summed E-state index contributed by atoms with van der Waals surface area (Å²) in [6.45, 7) is 1.52. The van der Waals surface area contributed by atoms with Crippen molar-refractivity contribution in [2.45, 2.75) is 18.8 Å². The van der Waals surface area contributed by atoms with E-state index in [-0.39, 0.29) is 0 Å².